The SMILES string of the molecule is C=CCNCC(=O)Nc1[nH]ncc1CC. The lowest BCUT2D eigenvalue weighted by molar-refractivity contribution is -0.115. The Kier molecular flexibility index (Phi) is 4.56. The van der Waals surface area contributed by atoms with Gasteiger partial charge in [0.1, 0.15) is 5.82 Å². The highest BCUT2D eigenvalue weighted by molar-refractivity contribution is 5.91. The Morgan fingerprint density at radius 2 is 2.53 bits per heavy atom. The second kappa shape index (κ2) is 5.98. The van der Waals surface area contributed by atoms with Gasteiger partial charge in [0.15, 0.2) is 0 Å². The first kappa shape index (κ1) is 11.5. The molecule has 0 unspecified atom stereocenters. The van der Waals surface area contributed by atoms with E-state index in [0.29, 0.717) is 12.4 Å². The third-order valence-electron chi connectivity index (χ3n) is 1.94. The van der Waals surface area contributed by atoms with E-state index < -0.39 is 0 Å². The molecule has 0 radical (unpaired) electrons. The topological polar surface area (TPSA) is 69.8 Å². The van der Waals surface area contributed by atoms with Gasteiger partial charge in [0.25, 0.3) is 0 Å². The minimum absolute atomic E-state index is 0.0872. The molecule has 1 aromatic heterocycles. The van der Waals surface area contributed by atoms with Gasteiger partial charge in [0, 0.05) is 12.1 Å². The number of hydrogen-bond acceptors (Lipinski definition) is 3. The molecule has 0 bridgehead atoms. The first-order valence-corrected chi connectivity index (χ1v) is 4.91. The van der Waals surface area contributed by atoms with Crippen molar-refractivity contribution in [2.24, 2.45) is 0 Å². The average molecular weight is 208 g/mol. The Morgan fingerprint density at radius 1 is 1.73 bits per heavy atom. The minimum atomic E-state index is -0.0872. The lowest BCUT2D eigenvalue weighted by atomic mass is 10.2. The van der Waals surface area contributed by atoms with Crippen LogP contribution in [0.1, 0.15) is 12.5 Å². The van der Waals surface area contributed by atoms with Gasteiger partial charge in [0.05, 0.1) is 12.7 Å². The molecule has 0 aliphatic heterocycles. The van der Waals surface area contributed by atoms with Gasteiger partial charge >= 0.3 is 0 Å². The fourth-order valence-electron chi connectivity index (χ4n) is 1.16. The fourth-order valence-corrected chi connectivity index (χ4v) is 1.16. The van der Waals surface area contributed by atoms with E-state index in [2.05, 4.69) is 27.4 Å². The van der Waals surface area contributed by atoms with Gasteiger partial charge in [-0.2, -0.15) is 5.10 Å². The second-order valence-electron chi connectivity index (χ2n) is 3.09. The molecule has 82 valence electrons. The first-order chi connectivity index (χ1) is 7.27. The monoisotopic (exact) mass is 208 g/mol. The fraction of sp³-hybridized carbons (Fsp3) is 0.400. The summed E-state index contributed by atoms with van der Waals surface area (Å²) in [5, 5.41) is 12.3. The number of carbonyl (C=O) groups is 1. The summed E-state index contributed by atoms with van der Waals surface area (Å²) in [5.41, 5.74) is 1.01. The molecule has 0 saturated carbocycles. The van der Waals surface area contributed by atoms with Crippen molar-refractivity contribution in [3.05, 3.63) is 24.4 Å². The molecule has 0 saturated heterocycles. The highest BCUT2D eigenvalue weighted by atomic mass is 16.2. The van der Waals surface area contributed by atoms with Gasteiger partial charge in [-0.15, -0.1) is 6.58 Å². The van der Waals surface area contributed by atoms with Crippen LogP contribution in [0.25, 0.3) is 0 Å². The van der Waals surface area contributed by atoms with Crippen molar-refractivity contribution in [2.45, 2.75) is 13.3 Å². The molecule has 0 aliphatic rings. The van der Waals surface area contributed by atoms with Crippen LogP contribution in [0.3, 0.4) is 0 Å². The number of aryl methyl sites for hydroxylation is 1. The molecule has 3 N–H and O–H groups in total. The number of amides is 1. The number of anilines is 1. The number of aromatic nitrogens is 2. The molecule has 1 heterocycles. The van der Waals surface area contributed by atoms with Crippen LogP contribution in [0.5, 0.6) is 0 Å². The van der Waals surface area contributed by atoms with Crippen LogP contribution >= 0.6 is 0 Å². The zero-order valence-corrected chi connectivity index (χ0v) is 8.84. The van der Waals surface area contributed by atoms with Gasteiger partial charge in [-0.25, -0.2) is 0 Å². The van der Waals surface area contributed by atoms with Crippen LogP contribution in [0.15, 0.2) is 18.9 Å². The van der Waals surface area contributed by atoms with Gasteiger partial charge in [-0.1, -0.05) is 13.0 Å². The van der Waals surface area contributed by atoms with Crippen molar-refractivity contribution >= 4 is 11.7 Å². The molecule has 1 amide bonds. The molecular weight excluding hydrogens is 192 g/mol. The molecule has 0 spiro atoms. The Labute approximate surface area is 89.0 Å². The third kappa shape index (κ3) is 3.55. The number of hydrogen-bond donors (Lipinski definition) is 3. The number of carbonyl (C=O) groups excluding carboxylic acids is 1. The Hall–Kier alpha value is -1.62. The minimum Gasteiger partial charge on any atom is -0.310 e. The van der Waals surface area contributed by atoms with Crippen LogP contribution in [0.4, 0.5) is 5.82 Å². The van der Waals surface area contributed by atoms with E-state index in [4.69, 9.17) is 0 Å². The van der Waals surface area contributed by atoms with Crippen LogP contribution in [-0.2, 0) is 11.2 Å². The summed E-state index contributed by atoms with van der Waals surface area (Å²) in [6.45, 7) is 6.45. The molecular formula is C10H16N4O. The van der Waals surface area contributed by atoms with Crippen molar-refractivity contribution in [1.82, 2.24) is 15.5 Å². The van der Waals surface area contributed by atoms with Crippen LogP contribution < -0.4 is 10.6 Å². The van der Waals surface area contributed by atoms with Gasteiger partial charge in [-0.05, 0) is 6.42 Å². The Balaban J connectivity index is 2.40. The van der Waals surface area contributed by atoms with Crippen molar-refractivity contribution in [2.75, 3.05) is 18.4 Å². The van der Waals surface area contributed by atoms with Crippen LogP contribution in [0.2, 0.25) is 0 Å². The predicted molar refractivity (Wildman–Crippen MR) is 59.7 cm³/mol. The molecule has 0 aromatic carbocycles. The second-order valence-corrected chi connectivity index (χ2v) is 3.09. The largest absolute Gasteiger partial charge is 0.310 e. The van der Waals surface area contributed by atoms with E-state index in [-0.39, 0.29) is 12.5 Å². The van der Waals surface area contributed by atoms with Crippen molar-refractivity contribution in [3.63, 3.8) is 0 Å². The van der Waals surface area contributed by atoms with Crippen LogP contribution in [0, 0.1) is 0 Å². The van der Waals surface area contributed by atoms with E-state index in [0.717, 1.165) is 12.0 Å². The van der Waals surface area contributed by atoms with E-state index in [1.807, 2.05) is 6.92 Å². The normalized spacial score (nSPS) is 9.93. The molecule has 5 heteroatoms. The number of H-pyrrole nitrogens is 1. The Bertz CT molecular complexity index is 332. The highest BCUT2D eigenvalue weighted by Gasteiger charge is 2.06. The standard InChI is InChI=1S/C10H16N4O/c1-3-5-11-7-9(15)13-10-8(4-2)6-12-14-10/h3,6,11H,1,4-5,7H2,2H3,(H2,12,13,14,15). The quantitative estimate of drug-likeness (QED) is 0.476. The molecule has 5 nitrogen and oxygen atoms in total. The lowest BCUT2D eigenvalue weighted by Gasteiger charge is -2.04. The number of rotatable bonds is 6. The Morgan fingerprint density at radius 3 is 3.20 bits per heavy atom. The average Bonchev–Trinajstić information content (AvgIpc) is 2.65. The molecule has 0 atom stereocenters. The van der Waals surface area contributed by atoms with Gasteiger partial charge < -0.3 is 10.6 Å². The summed E-state index contributed by atoms with van der Waals surface area (Å²) in [5.74, 6) is 0.596. The van der Waals surface area contributed by atoms with E-state index in [1.54, 1.807) is 12.3 Å². The first-order valence-electron chi connectivity index (χ1n) is 4.91. The number of nitrogens with one attached hydrogen (secondary N) is 3. The predicted octanol–water partition coefficient (Wildman–Crippen LogP) is 0.686. The summed E-state index contributed by atoms with van der Waals surface area (Å²) in [4.78, 5) is 11.4. The molecule has 0 aliphatic carbocycles. The number of aromatic amines is 1. The maximum Gasteiger partial charge on any atom is 0.239 e. The smallest absolute Gasteiger partial charge is 0.239 e. The van der Waals surface area contributed by atoms with Crippen molar-refractivity contribution < 1.29 is 4.79 Å². The summed E-state index contributed by atoms with van der Waals surface area (Å²) in [6, 6.07) is 0. The van der Waals surface area contributed by atoms with Crippen molar-refractivity contribution in [1.29, 1.82) is 0 Å². The zero-order valence-electron chi connectivity index (χ0n) is 8.84. The maximum absolute atomic E-state index is 11.4. The molecule has 1 aromatic rings. The summed E-state index contributed by atoms with van der Waals surface area (Å²) in [6.07, 6.45) is 4.26. The summed E-state index contributed by atoms with van der Waals surface area (Å²) in [7, 11) is 0. The van der Waals surface area contributed by atoms with Gasteiger partial charge in [-0.3, -0.25) is 9.89 Å². The highest BCUT2D eigenvalue weighted by Crippen LogP contribution is 2.10. The third-order valence-corrected chi connectivity index (χ3v) is 1.94. The zero-order chi connectivity index (χ0) is 11.1. The molecule has 15 heavy (non-hydrogen) atoms. The van der Waals surface area contributed by atoms with Gasteiger partial charge in [0.2, 0.25) is 5.91 Å². The summed E-state index contributed by atoms with van der Waals surface area (Å²) >= 11 is 0. The summed E-state index contributed by atoms with van der Waals surface area (Å²) < 4.78 is 0. The van der Waals surface area contributed by atoms with Crippen molar-refractivity contribution in [3.8, 4) is 0 Å². The molecule has 1 rings (SSSR count). The van der Waals surface area contributed by atoms with E-state index in [1.165, 1.54) is 0 Å². The van der Waals surface area contributed by atoms with E-state index >= 15 is 0 Å². The van der Waals surface area contributed by atoms with Crippen LogP contribution in [-0.4, -0.2) is 29.2 Å². The number of nitrogens with zero attached hydrogens (tertiary/aromatic N) is 1. The lowest BCUT2D eigenvalue weighted by Crippen LogP contribution is -2.28. The van der Waals surface area contributed by atoms with E-state index in [9.17, 15) is 4.79 Å². The maximum atomic E-state index is 11.4. The molecule has 0 fully saturated rings.